The van der Waals surface area contributed by atoms with E-state index in [2.05, 4.69) is 13.2 Å². The number of carbonyl (C=O) groups excluding carboxylic acids is 2. The summed E-state index contributed by atoms with van der Waals surface area (Å²) in [4.78, 5) is 22.8. The summed E-state index contributed by atoms with van der Waals surface area (Å²) in [5, 5.41) is 18.5. The predicted molar refractivity (Wildman–Crippen MR) is 80.4 cm³/mol. The molecule has 0 aliphatic heterocycles. The molecule has 0 spiro atoms. The Labute approximate surface area is 130 Å². The van der Waals surface area contributed by atoms with Crippen molar-refractivity contribution in [2.24, 2.45) is 0 Å². The Morgan fingerprint density at radius 1 is 0.909 bits per heavy atom. The van der Waals surface area contributed by atoms with Gasteiger partial charge in [-0.15, -0.1) is 13.2 Å². The van der Waals surface area contributed by atoms with E-state index in [1.807, 2.05) is 0 Å². The maximum atomic E-state index is 11.4. The van der Waals surface area contributed by atoms with Crippen LogP contribution >= 0.6 is 0 Å². The molecule has 0 amide bonds. The van der Waals surface area contributed by atoms with Gasteiger partial charge in [0.1, 0.15) is 25.4 Å². The molecule has 0 bridgehead atoms. The molecule has 1 rings (SSSR count). The molecule has 1 aliphatic carbocycles. The van der Waals surface area contributed by atoms with Crippen LogP contribution in [0.25, 0.3) is 0 Å². The minimum absolute atomic E-state index is 0.0460. The van der Waals surface area contributed by atoms with Crippen molar-refractivity contribution >= 4 is 11.6 Å². The molecular weight excluding hydrogens is 288 g/mol. The molecule has 2 atom stereocenters. The molecule has 2 N–H and O–H groups in total. The summed E-state index contributed by atoms with van der Waals surface area (Å²) in [7, 11) is 0. The van der Waals surface area contributed by atoms with E-state index in [1.165, 1.54) is 12.2 Å². The lowest BCUT2D eigenvalue weighted by Crippen LogP contribution is -2.32. The first-order valence-corrected chi connectivity index (χ1v) is 7.37. The fraction of sp³-hybridized carbons (Fsp3) is 0.625. The highest BCUT2D eigenvalue weighted by Gasteiger charge is 2.24. The average molecular weight is 312 g/mol. The average Bonchev–Trinajstić information content (AvgIpc) is 2.56. The lowest BCUT2D eigenvalue weighted by atomic mass is 9.95. The monoisotopic (exact) mass is 312 g/mol. The van der Waals surface area contributed by atoms with Gasteiger partial charge in [-0.05, 0) is 25.7 Å². The Kier molecular flexibility index (Phi) is 8.19. The normalized spacial score (nSPS) is 24.3. The molecule has 22 heavy (non-hydrogen) atoms. The number of ether oxygens (including phenoxy) is 2. The molecule has 124 valence electrons. The highest BCUT2D eigenvalue weighted by Crippen LogP contribution is 2.23. The Morgan fingerprint density at radius 2 is 1.23 bits per heavy atom. The minimum Gasteiger partial charge on any atom is -0.381 e. The molecule has 6 nitrogen and oxygen atoms in total. The molecular formula is C16H24O6. The third-order valence-electron chi connectivity index (χ3n) is 3.65. The largest absolute Gasteiger partial charge is 0.381 e. The van der Waals surface area contributed by atoms with Gasteiger partial charge in [-0.3, -0.25) is 9.59 Å². The second-order valence-corrected chi connectivity index (χ2v) is 5.31. The van der Waals surface area contributed by atoms with E-state index < -0.39 is 23.8 Å². The number of carbonyl (C=O) groups is 2. The summed E-state index contributed by atoms with van der Waals surface area (Å²) in [5.74, 6) is -0.810. The highest BCUT2D eigenvalue weighted by atomic mass is 16.5. The van der Waals surface area contributed by atoms with Crippen LogP contribution in [0.2, 0.25) is 0 Å². The Balaban J connectivity index is 2.21. The molecule has 0 radical (unpaired) electrons. The Hall–Kier alpha value is -1.34. The molecule has 0 heterocycles. The van der Waals surface area contributed by atoms with Crippen LogP contribution in [-0.4, -0.2) is 59.4 Å². The molecule has 0 aromatic carbocycles. The molecule has 0 aromatic rings. The molecule has 2 unspecified atom stereocenters. The number of hydrogen-bond acceptors (Lipinski definition) is 6. The second-order valence-electron chi connectivity index (χ2n) is 5.31. The third-order valence-corrected chi connectivity index (χ3v) is 3.65. The van der Waals surface area contributed by atoms with E-state index in [4.69, 9.17) is 9.47 Å². The molecule has 0 saturated heterocycles. The van der Waals surface area contributed by atoms with Gasteiger partial charge < -0.3 is 19.7 Å². The zero-order chi connectivity index (χ0) is 16.5. The summed E-state index contributed by atoms with van der Waals surface area (Å²) < 4.78 is 10.9. The van der Waals surface area contributed by atoms with Gasteiger partial charge in [0.15, 0.2) is 11.6 Å². The SMILES string of the molecule is C=CC(O)C(=O)COC1CCC(OCC(=O)C(O)C=C)CC1. The van der Waals surface area contributed by atoms with Crippen molar-refractivity contribution in [2.75, 3.05) is 13.2 Å². The van der Waals surface area contributed by atoms with Crippen molar-refractivity contribution in [3.63, 3.8) is 0 Å². The van der Waals surface area contributed by atoms with E-state index in [9.17, 15) is 19.8 Å². The van der Waals surface area contributed by atoms with E-state index in [1.54, 1.807) is 0 Å². The van der Waals surface area contributed by atoms with Gasteiger partial charge in [-0.2, -0.15) is 0 Å². The first-order chi connectivity index (χ1) is 10.5. The summed E-state index contributed by atoms with van der Waals surface area (Å²) in [5.41, 5.74) is 0. The van der Waals surface area contributed by atoms with Crippen molar-refractivity contribution in [3.8, 4) is 0 Å². The van der Waals surface area contributed by atoms with Crippen molar-refractivity contribution in [3.05, 3.63) is 25.3 Å². The van der Waals surface area contributed by atoms with Crippen LogP contribution in [0.3, 0.4) is 0 Å². The third kappa shape index (κ3) is 6.19. The van der Waals surface area contributed by atoms with Crippen LogP contribution in [0, 0.1) is 0 Å². The van der Waals surface area contributed by atoms with Crippen molar-refractivity contribution in [2.45, 2.75) is 50.1 Å². The smallest absolute Gasteiger partial charge is 0.190 e. The fourth-order valence-corrected chi connectivity index (χ4v) is 2.20. The zero-order valence-corrected chi connectivity index (χ0v) is 12.6. The standard InChI is InChI=1S/C16H24O6/c1-3-13(17)15(19)9-21-11-5-7-12(8-6-11)22-10-16(20)14(18)4-2/h3-4,11-14,17-18H,1-2,5-10H2. The molecule has 0 aromatic heterocycles. The van der Waals surface area contributed by atoms with Gasteiger partial charge in [-0.1, -0.05) is 12.2 Å². The Bertz CT molecular complexity index is 359. The van der Waals surface area contributed by atoms with Gasteiger partial charge in [-0.25, -0.2) is 0 Å². The van der Waals surface area contributed by atoms with Crippen molar-refractivity contribution in [1.82, 2.24) is 0 Å². The molecule has 6 heteroatoms. The maximum absolute atomic E-state index is 11.4. The van der Waals surface area contributed by atoms with Gasteiger partial charge in [0.25, 0.3) is 0 Å². The topological polar surface area (TPSA) is 93.1 Å². The number of hydrogen-bond donors (Lipinski definition) is 2. The lowest BCUT2D eigenvalue weighted by molar-refractivity contribution is -0.136. The number of ketones is 2. The van der Waals surface area contributed by atoms with Gasteiger partial charge in [0.05, 0.1) is 12.2 Å². The highest BCUT2D eigenvalue weighted by molar-refractivity contribution is 5.86. The minimum atomic E-state index is -1.18. The number of aliphatic hydroxyl groups is 2. The van der Waals surface area contributed by atoms with Gasteiger partial charge >= 0.3 is 0 Å². The number of aliphatic hydroxyl groups excluding tert-OH is 2. The van der Waals surface area contributed by atoms with Crippen LogP contribution in [-0.2, 0) is 19.1 Å². The summed E-state index contributed by atoms with van der Waals surface area (Å²) >= 11 is 0. The number of rotatable bonds is 10. The van der Waals surface area contributed by atoms with Crippen molar-refractivity contribution < 1.29 is 29.3 Å². The van der Waals surface area contributed by atoms with E-state index in [-0.39, 0.29) is 25.4 Å². The lowest BCUT2D eigenvalue weighted by Gasteiger charge is -2.28. The van der Waals surface area contributed by atoms with E-state index in [0.717, 1.165) is 25.7 Å². The molecule has 1 aliphatic rings. The first kappa shape index (κ1) is 18.7. The quantitative estimate of drug-likeness (QED) is 0.573. The van der Waals surface area contributed by atoms with E-state index in [0.29, 0.717) is 0 Å². The predicted octanol–water partition coefficient (Wildman–Crippen LogP) is 0.563. The summed E-state index contributed by atoms with van der Waals surface area (Å²) in [6.07, 6.45) is 2.78. The first-order valence-electron chi connectivity index (χ1n) is 7.37. The number of Topliss-reactive ketones (excluding diaryl/α,β-unsaturated/α-hetero) is 2. The Morgan fingerprint density at radius 3 is 1.50 bits per heavy atom. The fourth-order valence-electron chi connectivity index (χ4n) is 2.20. The van der Waals surface area contributed by atoms with Crippen LogP contribution in [0.1, 0.15) is 25.7 Å². The van der Waals surface area contributed by atoms with Gasteiger partial charge in [0.2, 0.25) is 0 Å². The summed E-state index contributed by atoms with van der Waals surface area (Å²) in [6.45, 7) is 6.43. The van der Waals surface area contributed by atoms with Crippen LogP contribution in [0.5, 0.6) is 0 Å². The van der Waals surface area contributed by atoms with Crippen LogP contribution in [0.15, 0.2) is 25.3 Å². The van der Waals surface area contributed by atoms with E-state index >= 15 is 0 Å². The summed E-state index contributed by atoms with van der Waals surface area (Å²) in [6, 6.07) is 0. The molecule has 1 fully saturated rings. The zero-order valence-electron chi connectivity index (χ0n) is 12.6. The maximum Gasteiger partial charge on any atom is 0.190 e. The second kappa shape index (κ2) is 9.63. The van der Waals surface area contributed by atoms with Crippen LogP contribution in [0.4, 0.5) is 0 Å². The molecule has 1 saturated carbocycles. The van der Waals surface area contributed by atoms with Crippen molar-refractivity contribution in [1.29, 1.82) is 0 Å². The van der Waals surface area contributed by atoms with Crippen LogP contribution < -0.4 is 0 Å². The van der Waals surface area contributed by atoms with Gasteiger partial charge in [0, 0.05) is 0 Å².